The molecular weight excluding hydrogens is 1040 g/mol. The highest BCUT2D eigenvalue weighted by Crippen LogP contribution is 2.38. The van der Waals surface area contributed by atoms with Crippen LogP contribution in [-0.4, -0.2) is 70.6 Å². The number of piperidine rings is 2. The Morgan fingerprint density at radius 2 is 1.23 bits per heavy atom. The molecule has 0 bridgehead atoms. The summed E-state index contributed by atoms with van der Waals surface area (Å²) in [4.78, 5) is 40.7. The zero-order valence-electron chi connectivity index (χ0n) is 43.6. The van der Waals surface area contributed by atoms with E-state index in [0.717, 1.165) is 106 Å². The lowest BCUT2D eigenvalue weighted by Gasteiger charge is -2.26. The summed E-state index contributed by atoms with van der Waals surface area (Å²) in [5.74, 6) is -0.110. The molecule has 0 unspecified atom stereocenters. The van der Waals surface area contributed by atoms with Crippen LogP contribution >= 0.6 is 45.3 Å². The van der Waals surface area contributed by atoms with Crippen LogP contribution in [0, 0.1) is 0 Å². The number of nitrogen functional groups attached to an aromatic ring is 1. The van der Waals surface area contributed by atoms with Crippen LogP contribution in [-0.2, 0) is 18.5 Å². The molecular formula is C59H63N13OS4. The Morgan fingerprint density at radius 3 is 1.94 bits per heavy atom. The summed E-state index contributed by atoms with van der Waals surface area (Å²) in [5, 5.41) is 16.8. The number of nitrogens with two attached hydrogens (primary N) is 1. The Morgan fingerprint density at radius 1 is 0.610 bits per heavy atom. The first kappa shape index (κ1) is 51.9. The molecule has 2 fully saturated rings. The summed E-state index contributed by atoms with van der Waals surface area (Å²) in [6.07, 6.45) is 17.6. The summed E-state index contributed by atoms with van der Waals surface area (Å²) in [5.41, 5.74) is 16.9. The standard InChI is InChI=1S/C31H34N6OS2.C28H29N7S2/c1-31(2,3)22-11-5-6-12-23(22)34-29(38)25-13-14-27(39-25)35-30-33-19-26(40-30)24-18-32-28-21(10-9-17-37(24)28)20-36-15-7-4-8-16-36;1-19(32-22-10-4-3-9-21(22)29)24-12-13-27(36-24)33-28-31-17-25(37-28)23-16-30-26-11-7-8-20(35(23)26)18-34-14-5-2-6-15-34/h5-6,9-14,17-19H,4,7-8,15-16,20H2,1-3H3,(H,33,35)(H,34,38);3-4,7-13,16-17,32H,1-2,5-6,14-15,18,29H2,(H,31,33). The van der Waals surface area contributed by atoms with E-state index >= 15 is 0 Å². The second-order valence-corrected chi connectivity index (χ2v) is 24.7. The molecule has 2 aromatic carbocycles. The molecule has 10 aromatic rings. The Kier molecular flexibility index (Phi) is 15.6. The highest BCUT2D eigenvalue weighted by atomic mass is 32.1. The number of para-hydroxylation sites is 3. The third-order valence-electron chi connectivity index (χ3n) is 13.8. The van der Waals surface area contributed by atoms with Crippen molar-refractivity contribution >= 4 is 106 Å². The quantitative estimate of drug-likeness (QED) is 0.0622. The Balaban J connectivity index is 0.000000164. The van der Waals surface area contributed by atoms with Gasteiger partial charge >= 0.3 is 0 Å². The van der Waals surface area contributed by atoms with Gasteiger partial charge in [0.25, 0.3) is 5.91 Å². The number of imidazole rings is 2. The number of nitrogens with zero attached hydrogens (tertiary/aromatic N) is 8. The molecule has 2 saturated heterocycles. The van der Waals surface area contributed by atoms with E-state index in [2.05, 4.69) is 125 Å². The van der Waals surface area contributed by atoms with E-state index in [-0.39, 0.29) is 11.3 Å². The van der Waals surface area contributed by atoms with E-state index in [0.29, 0.717) is 10.6 Å². The number of likely N-dealkylation sites (tertiary alicyclic amines) is 2. The second kappa shape index (κ2) is 23.2. The van der Waals surface area contributed by atoms with E-state index < -0.39 is 0 Å². The lowest BCUT2D eigenvalue weighted by atomic mass is 9.86. The van der Waals surface area contributed by atoms with Gasteiger partial charge in [-0.05, 0) is 124 Å². The summed E-state index contributed by atoms with van der Waals surface area (Å²) in [6, 6.07) is 34.2. The number of benzene rings is 2. The van der Waals surface area contributed by atoms with Crippen molar-refractivity contribution in [3.63, 3.8) is 0 Å². The highest BCUT2D eigenvalue weighted by Gasteiger charge is 2.22. The molecule has 14 nitrogen and oxygen atoms in total. The Bertz CT molecular complexity index is 3650. The number of carbonyl (C=O) groups excluding carboxylic acids is 1. The number of anilines is 7. The van der Waals surface area contributed by atoms with Gasteiger partial charge in [-0.3, -0.25) is 23.4 Å². The fourth-order valence-electron chi connectivity index (χ4n) is 9.95. The average molecular weight is 1100 g/mol. The molecule has 6 N–H and O–H groups in total. The zero-order chi connectivity index (χ0) is 52.9. The number of fused-ring (bicyclic) bond motifs is 2. The molecule has 2 aliphatic rings. The number of hydrogen-bond donors (Lipinski definition) is 5. The molecule has 0 radical (unpaired) electrons. The minimum Gasteiger partial charge on any atom is -0.397 e. The van der Waals surface area contributed by atoms with Crippen LogP contribution in [0.1, 0.15) is 90.7 Å². The number of nitrogens with one attached hydrogen (secondary N) is 4. The number of thiophene rings is 2. The lowest BCUT2D eigenvalue weighted by Crippen LogP contribution is -2.29. The van der Waals surface area contributed by atoms with Crippen molar-refractivity contribution in [1.29, 1.82) is 0 Å². The largest absolute Gasteiger partial charge is 0.397 e. The van der Waals surface area contributed by atoms with Crippen LogP contribution < -0.4 is 27.0 Å². The molecule has 2 aliphatic heterocycles. The van der Waals surface area contributed by atoms with Crippen molar-refractivity contribution < 1.29 is 4.79 Å². The van der Waals surface area contributed by atoms with Crippen LogP contribution in [0.5, 0.6) is 0 Å². The van der Waals surface area contributed by atoms with Gasteiger partial charge in [0.2, 0.25) is 0 Å². The maximum absolute atomic E-state index is 13.0. The van der Waals surface area contributed by atoms with Gasteiger partial charge in [-0.2, -0.15) is 0 Å². The maximum atomic E-state index is 13.0. The smallest absolute Gasteiger partial charge is 0.265 e. The third kappa shape index (κ3) is 12.2. The molecule has 394 valence electrons. The van der Waals surface area contributed by atoms with E-state index in [9.17, 15) is 4.79 Å². The van der Waals surface area contributed by atoms with Crippen molar-refractivity contribution in [2.75, 3.05) is 53.2 Å². The summed E-state index contributed by atoms with van der Waals surface area (Å²) >= 11 is 6.25. The maximum Gasteiger partial charge on any atom is 0.265 e. The monoisotopic (exact) mass is 1100 g/mol. The molecule has 10 heterocycles. The Labute approximate surface area is 465 Å². The minimum atomic E-state index is -0.110. The predicted octanol–water partition coefficient (Wildman–Crippen LogP) is 14.7. The van der Waals surface area contributed by atoms with Crippen LogP contribution in [0.4, 0.5) is 37.3 Å². The minimum absolute atomic E-state index is 0.0652. The fraction of sp³-hybridized carbons (Fsp3) is 0.271. The average Bonchev–Trinajstić information content (AvgIpc) is 4.32. The molecule has 0 aliphatic carbocycles. The van der Waals surface area contributed by atoms with Gasteiger partial charge in [-0.1, -0.05) is 105 Å². The van der Waals surface area contributed by atoms with Gasteiger partial charge < -0.3 is 27.0 Å². The van der Waals surface area contributed by atoms with Gasteiger partial charge in [-0.25, -0.2) is 19.9 Å². The molecule has 77 heavy (non-hydrogen) atoms. The third-order valence-corrected chi connectivity index (χ3v) is 17.8. The Hall–Kier alpha value is -7.19. The van der Waals surface area contributed by atoms with Gasteiger partial charge in [0.15, 0.2) is 10.3 Å². The molecule has 8 aromatic heterocycles. The number of thiazole rings is 2. The second-order valence-electron chi connectivity index (χ2n) is 20.5. The number of pyridine rings is 2. The van der Waals surface area contributed by atoms with Crippen LogP contribution in [0.25, 0.3) is 38.1 Å². The fourth-order valence-corrected chi connectivity index (χ4v) is 13.4. The van der Waals surface area contributed by atoms with Crippen LogP contribution in [0.15, 0.2) is 141 Å². The van der Waals surface area contributed by atoms with E-state index in [4.69, 9.17) is 10.7 Å². The number of aromatic nitrogens is 6. The molecule has 0 atom stereocenters. The number of amides is 1. The van der Waals surface area contributed by atoms with E-state index in [1.165, 1.54) is 74.2 Å². The first-order valence-corrected chi connectivity index (χ1v) is 29.5. The van der Waals surface area contributed by atoms with Gasteiger partial charge in [-0.15, -0.1) is 22.7 Å². The summed E-state index contributed by atoms with van der Waals surface area (Å²) < 4.78 is 4.44. The van der Waals surface area contributed by atoms with E-state index in [1.54, 1.807) is 34.0 Å². The number of hydrogen-bond acceptors (Lipinski definition) is 15. The van der Waals surface area contributed by atoms with Gasteiger partial charge in [0.05, 0.1) is 64.7 Å². The summed E-state index contributed by atoms with van der Waals surface area (Å²) in [7, 11) is 0. The van der Waals surface area contributed by atoms with Crippen molar-refractivity contribution in [3.8, 4) is 21.1 Å². The lowest BCUT2D eigenvalue weighted by molar-refractivity contribution is 0.103. The highest BCUT2D eigenvalue weighted by molar-refractivity contribution is 7.21. The normalized spacial score (nSPS) is 14.3. The van der Waals surface area contributed by atoms with Crippen molar-refractivity contribution in [2.24, 2.45) is 0 Å². The van der Waals surface area contributed by atoms with Crippen molar-refractivity contribution in [2.45, 2.75) is 77.8 Å². The SMILES string of the molecule is C=C(Nc1ccccc1N)c1ccc(Nc2ncc(-c3cnc4cccc(CN5CCCCC5)n34)s2)s1.CC(C)(C)c1ccccc1NC(=O)c1ccc(Nc2ncc(-c3cnc4c(CN5CCCCC5)cccn34)s2)s1. The van der Waals surface area contributed by atoms with E-state index in [1.807, 2.05) is 91.5 Å². The molecule has 12 rings (SSSR count). The number of carbonyl (C=O) groups is 1. The van der Waals surface area contributed by atoms with Crippen LogP contribution in [0.2, 0.25) is 0 Å². The van der Waals surface area contributed by atoms with Gasteiger partial charge in [0, 0.05) is 54.3 Å². The molecule has 18 heteroatoms. The predicted molar refractivity (Wildman–Crippen MR) is 323 cm³/mol. The topological polar surface area (TPSA) is 158 Å². The molecule has 0 spiro atoms. The first-order valence-electron chi connectivity index (χ1n) is 26.2. The number of rotatable bonds is 15. The van der Waals surface area contributed by atoms with Crippen LogP contribution in [0.3, 0.4) is 0 Å². The molecule has 1 amide bonds. The van der Waals surface area contributed by atoms with Gasteiger partial charge in [0.1, 0.15) is 11.3 Å². The summed E-state index contributed by atoms with van der Waals surface area (Å²) in [6.45, 7) is 17.2. The zero-order valence-corrected chi connectivity index (χ0v) is 46.9. The first-order chi connectivity index (χ1) is 37.5. The molecule has 0 saturated carbocycles. The van der Waals surface area contributed by atoms with Crippen molar-refractivity contribution in [3.05, 3.63) is 167 Å². The van der Waals surface area contributed by atoms with Crippen molar-refractivity contribution in [1.82, 2.24) is 38.5 Å².